The van der Waals surface area contributed by atoms with Crippen molar-refractivity contribution in [1.82, 2.24) is 15.1 Å². The van der Waals surface area contributed by atoms with E-state index in [1.165, 1.54) is 0 Å². The molecule has 0 bridgehead atoms. The van der Waals surface area contributed by atoms with Crippen LogP contribution in [0.5, 0.6) is 0 Å². The molecule has 0 saturated heterocycles. The predicted molar refractivity (Wildman–Crippen MR) is 113 cm³/mol. The number of aromatic amines is 1. The zero-order valence-corrected chi connectivity index (χ0v) is 19.4. The first-order valence-corrected chi connectivity index (χ1v) is 9.95. The Morgan fingerprint density at radius 2 is 1.62 bits per heavy atom. The van der Waals surface area contributed by atoms with Crippen LogP contribution < -0.4 is 5.56 Å². The van der Waals surface area contributed by atoms with Gasteiger partial charge in [-0.15, -0.1) is 0 Å². The van der Waals surface area contributed by atoms with Crippen molar-refractivity contribution in [3.8, 4) is 0 Å². The van der Waals surface area contributed by atoms with Crippen LogP contribution in [0.2, 0.25) is 5.02 Å². The van der Waals surface area contributed by atoms with Crippen molar-refractivity contribution in [2.75, 3.05) is 0 Å². The van der Waals surface area contributed by atoms with E-state index in [0.29, 0.717) is 9.86 Å². The van der Waals surface area contributed by atoms with Crippen molar-refractivity contribution in [1.29, 1.82) is 0 Å². The van der Waals surface area contributed by atoms with E-state index in [2.05, 4.69) is 26.1 Å². The number of benzene rings is 1. The molecule has 2 aromatic rings. The number of imide groups is 1. The van der Waals surface area contributed by atoms with E-state index in [4.69, 9.17) is 21.1 Å². The number of amides is 2. The van der Waals surface area contributed by atoms with Gasteiger partial charge in [0.25, 0.3) is 5.56 Å². The summed E-state index contributed by atoms with van der Waals surface area (Å²) >= 11 is 9.53. The first-order chi connectivity index (χ1) is 13.2. The summed E-state index contributed by atoms with van der Waals surface area (Å²) in [5, 5.41) is 7.16. The van der Waals surface area contributed by atoms with Crippen molar-refractivity contribution in [2.24, 2.45) is 0 Å². The maximum absolute atomic E-state index is 12.7. The van der Waals surface area contributed by atoms with Crippen LogP contribution >= 0.6 is 27.5 Å². The molecule has 0 unspecified atom stereocenters. The quantitative estimate of drug-likeness (QED) is 0.637. The Balaban J connectivity index is 2.53. The fourth-order valence-corrected chi connectivity index (χ4v) is 3.27. The zero-order chi connectivity index (χ0) is 22.1. The molecule has 8 nitrogen and oxygen atoms in total. The monoisotopic (exact) mass is 487 g/mol. The van der Waals surface area contributed by atoms with E-state index < -0.39 is 28.9 Å². The molecule has 0 aliphatic heterocycles. The molecular weight excluding hydrogens is 466 g/mol. The first-order valence-electron chi connectivity index (χ1n) is 8.78. The number of nitrogens with one attached hydrogen (secondary N) is 1. The summed E-state index contributed by atoms with van der Waals surface area (Å²) < 4.78 is 11.3. The second-order valence-corrected chi connectivity index (χ2v) is 9.68. The number of halogens is 2. The lowest BCUT2D eigenvalue weighted by molar-refractivity contribution is -0.000425. The minimum Gasteiger partial charge on any atom is -0.443 e. The number of nitrogens with zero attached hydrogens (tertiary/aromatic N) is 2. The number of hydrogen-bond acceptors (Lipinski definition) is 6. The van der Waals surface area contributed by atoms with Crippen molar-refractivity contribution >= 4 is 50.5 Å². The molecule has 0 atom stereocenters. The van der Waals surface area contributed by atoms with Crippen molar-refractivity contribution < 1.29 is 19.1 Å². The first kappa shape index (κ1) is 23.2. The summed E-state index contributed by atoms with van der Waals surface area (Å²) in [5.41, 5.74) is -1.89. The number of hydrogen-bond donors (Lipinski definition) is 1. The lowest BCUT2D eigenvalue weighted by Gasteiger charge is -2.28. The van der Waals surface area contributed by atoms with Gasteiger partial charge in [-0.3, -0.25) is 4.79 Å². The van der Waals surface area contributed by atoms with Gasteiger partial charge >= 0.3 is 12.2 Å². The Labute approximate surface area is 181 Å². The maximum atomic E-state index is 12.7. The van der Waals surface area contributed by atoms with Gasteiger partial charge < -0.3 is 9.47 Å². The van der Waals surface area contributed by atoms with Gasteiger partial charge in [0.15, 0.2) is 0 Å². The third kappa shape index (κ3) is 6.17. The molecule has 2 rings (SSSR count). The summed E-state index contributed by atoms with van der Waals surface area (Å²) in [6.45, 7) is 9.81. The largest absolute Gasteiger partial charge is 0.443 e. The molecule has 2 amide bonds. The highest BCUT2D eigenvalue weighted by molar-refractivity contribution is 9.10. The Kier molecular flexibility index (Phi) is 6.64. The topological polar surface area (TPSA) is 102 Å². The van der Waals surface area contributed by atoms with Crippen LogP contribution in [0, 0.1) is 0 Å². The second kappa shape index (κ2) is 8.31. The zero-order valence-electron chi connectivity index (χ0n) is 17.1. The van der Waals surface area contributed by atoms with Crippen LogP contribution in [-0.4, -0.2) is 38.5 Å². The Bertz CT molecular complexity index is 980. The van der Waals surface area contributed by atoms with Gasteiger partial charge in [-0.2, -0.15) is 5.10 Å². The van der Waals surface area contributed by atoms with E-state index in [9.17, 15) is 14.4 Å². The number of ether oxygens (including phenoxy) is 2. The highest BCUT2D eigenvalue weighted by Crippen LogP contribution is 2.28. The predicted octanol–water partition coefficient (Wildman–Crippen LogP) is 5.01. The van der Waals surface area contributed by atoms with E-state index in [1.807, 2.05) is 0 Å². The molecule has 10 heteroatoms. The highest BCUT2D eigenvalue weighted by atomic mass is 79.9. The molecule has 0 radical (unpaired) electrons. The van der Waals surface area contributed by atoms with Crippen molar-refractivity contribution in [3.05, 3.63) is 37.7 Å². The highest BCUT2D eigenvalue weighted by Gasteiger charge is 2.32. The Morgan fingerprint density at radius 1 is 1.10 bits per heavy atom. The van der Waals surface area contributed by atoms with E-state index in [-0.39, 0.29) is 22.6 Å². The molecule has 0 fully saturated rings. The van der Waals surface area contributed by atoms with Gasteiger partial charge in [0.1, 0.15) is 11.2 Å². The molecule has 1 heterocycles. The van der Waals surface area contributed by atoms with Gasteiger partial charge in [-0.25, -0.2) is 19.6 Å². The average molecular weight is 489 g/mol. The van der Waals surface area contributed by atoms with E-state index in [0.717, 1.165) is 4.90 Å². The van der Waals surface area contributed by atoms with Gasteiger partial charge in [-0.1, -0.05) is 27.5 Å². The lowest BCUT2D eigenvalue weighted by atomic mass is 10.1. The maximum Gasteiger partial charge on any atom is 0.420 e. The number of fused-ring (bicyclic) bond motifs is 1. The smallest absolute Gasteiger partial charge is 0.420 e. The summed E-state index contributed by atoms with van der Waals surface area (Å²) in [7, 11) is 0. The molecule has 1 aromatic heterocycles. The van der Waals surface area contributed by atoms with Crippen molar-refractivity contribution in [3.63, 3.8) is 0 Å². The third-order valence-electron chi connectivity index (χ3n) is 3.42. The average Bonchev–Trinajstić information content (AvgIpc) is 2.49. The summed E-state index contributed by atoms with van der Waals surface area (Å²) in [5.74, 6) is 0. The fourth-order valence-electron chi connectivity index (χ4n) is 2.37. The molecule has 0 aliphatic rings. The molecular formula is C19H23BrClN3O5. The molecule has 158 valence electrons. The van der Waals surface area contributed by atoms with Crippen molar-refractivity contribution in [2.45, 2.75) is 59.3 Å². The lowest BCUT2D eigenvalue weighted by Crippen LogP contribution is -2.43. The minimum absolute atomic E-state index is 0.202. The molecule has 0 aliphatic carbocycles. The SMILES string of the molecule is CC(C)(C)OC(=O)N(Cc1n[nH]c(=O)c2c(Cl)cc(Br)cc12)C(=O)OC(C)(C)C. The summed E-state index contributed by atoms with van der Waals surface area (Å²) in [6.07, 6.45) is -1.79. The number of carbonyl (C=O) groups excluding carboxylic acids is 2. The normalized spacial score (nSPS) is 12.0. The molecule has 0 spiro atoms. The van der Waals surface area contributed by atoms with Gasteiger partial charge in [0.05, 0.1) is 22.6 Å². The van der Waals surface area contributed by atoms with Gasteiger partial charge in [-0.05, 0) is 53.7 Å². The molecule has 0 saturated carbocycles. The Morgan fingerprint density at radius 3 is 2.10 bits per heavy atom. The minimum atomic E-state index is -0.894. The molecule has 1 N–H and O–H groups in total. The summed E-state index contributed by atoms with van der Waals surface area (Å²) in [4.78, 5) is 38.4. The van der Waals surface area contributed by atoms with Crippen LogP contribution in [0.15, 0.2) is 21.4 Å². The number of rotatable bonds is 2. The third-order valence-corrected chi connectivity index (χ3v) is 4.18. The van der Waals surface area contributed by atoms with Gasteiger partial charge in [0.2, 0.25) is 0 Å². The summed E-state index contributed by atoms with van der Waals surface area (Å²) in [6, 6.07) is 3.21. The number of aromatic nitrogens is 2. The van der Waals surface area contributed by atoms with Crippen LogP contribution in [0.1, 0.15) is 47.2 Å². The fraction of sp³-hybridized carbons (Fsp3) is 0.474. The van der Waals surface area contributed by atoms with Crippen LogP contribution in [-0.2, 0) is 16.0 Å². The van der Waals surface area contributed by atoms with Crippen LogP contribution in [0.25, 0.3) is 10.8 Å². The van der Waals surface area contributed by atoms with Gasteiger partial charge in [0, 0.05) is 9.86 Å². The van der Waals surface area contributed by atoms with E-state index >= 15 is 0 Å². The second-order valence-electron chi connectivity index (χ2n) is 8.36. The van der Waals surface area contributed by atoms with Crippen LogP contribution in [0.4, 0.5) is 9.59 Å². The number of carbonyl (C=O) groups is 2. The standard InChI is InChI=1S/C19H23BrClN3O5/c1-18(2,3)28-16(26)24(17(27)29-19(4,5)6)9-13-11-7-10(20)8-12(21)14(11)15(25)23-22-13/h7-8H,9H2,1-6H3,(H,23,25). The Hall–Kier alpha value is -2.13. The van der Waals surface area contributed by atoms with Crippen LogP contribution in [0.3, 0.4) is 0 Å². The molecule has 1 aromatic carbocycles. The van der Waals surface area contributed by atoms with E-state index in [1.54, 1.807) is 53.7 Å². The number of H-pyrrole nitrogens is 1. The molecule has 29 heavy (non-hydrogen) atoms.